The van der Waals surface area contributed by atoms with E-state index in [1.165, 1.54) is 5.56 Å². The van der Waals surface area contributed by atoms with Crippen molar-refractivity contribution in [3.63, 3.8) is 0 Å². The summed E-state index contributed by atoms with van der Waals surface area (Å²) in [6.07, 6.45) is 2.32. The number of rotatable bonds is 7. The molecule has 7 heteroatoms. The van der Waals surface area contributed by atoms with Gasteiger partial charge in [-0.25, -0.2) is 0 Å². The van der Waals surface area contributed by atoms with E-state index < -0.39 is 0 Å². The second kappa shape index (κ2) is 9.36. The molecular weight excluding hydrogens is 469 g/mol. The van der Waals surface area contributed by atoms with Crippen LogP contribution in [-0.4, -0.2) is 39.5 Å². The Labute approximate surface area is 182 Å². The van der Waals surface area contributed by atoms with Gasteiger partial charge in [0.25, 0.3) is 0 Å². The number of hydrogen-bond donors (Lipinski definition) is 2. The fourth-order valence-electron chi connectivity index (χ4n) is 3.27. The van der Waals surface area contributed by atoms with E-state index in [-0.39, 0.29) is 29.4 Å². The van der Waals surface area contributed by atoms with Crippen LogP contribution in [0.1, 0.15) is 18.4 Å². The van der Waals surface area contributed by atoms with Gasteiger partial charge in [-0.3, -0.25) is 4.99 Å². The Morgan fingerprint density at radius 3 is 2.61 bits per heavy atom. The third-order valence-electron chi connectivity index (χ3n) is 5.06. The molecule has 0 spiro atoms. The summed E-state index contributed by atoms with van der Waals surface area (Å²) in [4.78, 5) is 4.31. The van der Waals surface area contributed by atoms with Gasteiger partial charge < -0.3 is 24.8 Å². The minimum atomic E-state index is 0. The highest BCUT2D eigenvalue weighted by Gasteiger charge is 2.44. The van der Waals surface area contributed by atoms with Crippen molar-refractivity contribution in [2.75, 3.05) is 33.5 Å². The second-order valence-electron chi connectivity index (χ2n) is 6.86. The van der Waals surface area contributed by atoms with Crippen molar-refractivity contribution in [1.82, 2.24) is 10.6 Å². The van der Waals surface area contributed by atoms with Gasteiger partial charge in [0.15, 0.2) is 17.5 Å². The molecule has 0 radical (unpaired) electrons. The van der Waals surface area contributed by atoms with Crippen molar-refractivity contribution in [1.29, 1.82) is 0 Å². The quantitative estimate of drug-likeness (QED) is 0.267. The maximum Gasteiger partial charge on any atom is 0.231 e. The van der Waals surface area contributed by atoms with E-state index >= 15 is 0 Å². The summed E-state index contributed by atoms with van der Waals surface area (Å²) in [6.45, 7) is 2.42. The SMILES string of the molecule is CN=C(NCCOc1ccccc1)NCC1(c2ccc3c(c2)OCO3)CC1.I. The lowest BCUT2D eigenvalue weighted by atomic mass is 9.95. The van der Waals surface area contributed by atoms with Gasteiger partial charge in [-0.1, -0.05) is 24.3 Å². The highest BCUT2D eigenvalue weighted by Crippen LogP contribution is 2.49. The van der Waals surface area contributed by atoms with Crippen LogP contribution in [0.3, 0.4) is 0 Å². The van der Waals surface area contributed by atoms with E-state index in [4.69, 9.17) is 14.2 Å². The summed E-state index contributed by atoms with van der Waals surface area (Å²) in [5, 5.41) is 6.75. The molecule has 4 rings (SSSR count). The van der Waals surface area contributed by atoms with Crippen molar-refractivity contribution in [3.8, 4) is 17.2 Å². The van der Waals surface area contributed by atoms with Crippen LogP contribution >= 0.6 is 24.0 Å². The van der Waals surface area contributed by atoms with Crippen LogP contribution in [0.25, 0.3) is 0 Å². The van der Waals surface area contributed by atoms with E-state index in [1.807, 2.05) is 36.4 Å². The maximum atomic E-state index is 5.70. The number of ether oxygens (including phenoxy) is 3. The standard InChI is InChI=1S/C21H25N3O3.HI/c1-22-20(23-11-12-25-17-5-3-2-4-6-17)24-14-21(9-10-21)16-7-8-18-19(13-16)27-15-26-18;/h2-8,13H,9-12,14-15H2,1H3,(H2,22,23,24);1H. The van der Waals surface area contributed by atoms with Crippen molar-refractivity contribution in [2.24, 2.45) is 4.99 Å². The zero-order valence-electron chi connectivity index (χ0n) is 15.9. The van der Waals surface area contributed by atoms with Gasteiger partial charge in [0.05, 0.1) is 6.54 Å². The van der Waals surface area contributed by atoms with Crippen LogP contribution in [-0.2, 0) is 5.41 Å². The Hall–Kier alpha value is -2.16. The van der Waals surface area contributed by atoms with Gasteiger partial charge in [0, 0.05) is 19.0 Å². The van der Waals surface area contributed by atoms with E-state index in [0.717, 1.165) is 42.6 Å². The lowest BCUT2D eigenvalue weighted by molar-refractivity contribution is 0.174. The number of hydrogen-bond acceptors (Lipinski definition) is 4. The first-order chi connectivity index (χ1) is 13.3. The Balaban J connectivity index is 0.00000225. The van der Waals surface area contributed by atoms with Gasteiger partial charge in [0.2, 0.25) is 6.79 Å². The lowest BCUT2D eigenvalue weighted by Gasteiger charge is -2.19. The number of aliphatic imine (C=N–C) groups is 1. The molecule has 1 aliphatic carbocycles. The van der Waals surface area contributed by atoms with Gasteiger partial charge >= 0.3 is 0 Å². The number of benzene rings is 2. The molecule has 2 N–H and O–H groups in total. The first-order valence-electron chi connectivity index (χ1n) is 9.32. The summed E-state index contributed by atoms with van der Waals surface area (Å²) in [6, 6.07) is 16.1. The zero-order valence-corrected chi connectivity index (χ0v) is 18.3. The fourth-order valence-corrected chi connectivity index (χ4v) is 3.27. The van der Waals surface area contributed by atoms with E-state index in [2.05, 4.69) is 27.8 Å². The van der Waals surface area contributed by atoms with Crippen LogP contribution in [0, 0.1) is 0 Å². The molecular formula is C21H26IN3O3. The summed E-state index contributed by atoms with van der Waals surface area (Å²) < 4.78 is 16.6. The van der Waals surface area contributed by atoms with Gasteiger partial charge in [-0.15, -0.1) is 24.0 Å². The Morgan fingerprint density at radius 1 is 1.07 bits per heavy atom. The Morgan fingerprint density at radius 2 is 1.86 bits per heavy atom. The highest BCUT2D eigenvalue weighted by molar-refractivity contribution is 14.0. The molecule has 6 nitrogen and oxygen atoms in total. The topological polar surface area (TPSA) is 64.1 Å². The van der Waals surface area contributed by atoms with Crippen LogP contribution in [0.4, 0.5) is 0 Å². The van der Waals surface area contributed by atoms with Crippen molar-refractivity contribution in [3.05, 3.63) is 54.1 Å². The smallest absolute Gasteiger partial charge is 0.231 e. The van der Waals surface area contributed by atoms with Crippen LogP contribution in [0.2, 0.25) is 0 Å². The fraction of sp³-hybridized carbons (Fsp3) is 0.381. The van der Waals surface area contributed by atoms with E-state index in [1.54, 1.807) is 7.05 Å². The molecule has 2 aliphatic rings. The van der Waals surface area contributed by atoms with Gasteiger partial charge in [0.1, 0.15) is 12.4 Å². The third-order valence-corrected chi connectivity index (χ3v) is 5.06. The predicted molar refractivity (Wildman–Crippen MR) is 120 cm³/mol. The first kappa shape index (κ1) is 20.6. The lowest BCUT2D eigenvalue weighted by Crippen LogP contribution is -2.42. The molecule has 1 aliphatic heterocycles. The molecule has 1 fully saturated rings. The van der Waals surface area contributed by atoms with Crippen LogP contribution in [0.5, 0.6) is 17.2 Å². The molecule has 0 saturated heterocycles. The summed E-state index contributed by atoms with van der Waals surface area (Å²) in [5.41, 5.74) is 1.45. The first-order valence-corrected chi connectivity index (χ1v) is 9.32. The normalized spacial score (nSPS) is 16.1. The highest BCUT2D eigenvalue weighted by atomic mass is 127. The van der Waals surface area contributed by atoms with Crippen LogP contribution in [0.15, 0.2) is 53.5 Å². The summed E-state index contributed by atoms with van der Waals surface area (Å²) in [5.74, 6) is 3.35. The molecule has 0 bridgehead atoms. The molecule has 0 atom stereocenters. The minimum absolute atomic E-state index is 0. The monoisotopic (exact) mass is 495 g/mol. The largest absolute Gasteiger partial charge is 0.492 e. The van der Waals surface area contributed by atoms with Crippen molar-refractivity contribution < 1.29 is 14.2 Å². The van der Waals surface area contributed by atoms with Gasteiger partial charge in [-0.2, -0.15) is 0 Å². The zero-order chi connectivity index (χ0) is 18.5. The molecule has 1 heterocycles. The number of guanidine groups is 1. The van der Waals surface area contributed by atoms with Gasteiger partial charge in [-0.05, 0) is 42.7 Å². The minimum Gasteiger partial charge on any atom is -0.492 e. The molecule has 28 heavy (non-hydrogen) atoms. The molecule has 2 aromatic carbocycles. The summed E-state index contributed by atoms with van der Waals surface area (Å²) >= 11 is 0. The number of nitrogens with one attached hydrogen (secondary N) is 2. The molecule has 2 aromatic rings. The number of para-hydroxylation sites is 1. The van der Waals surface area contributed by atoms with E-state index in [9.17, 15) is 0 Å². The average Bonchev–Trinajstić information content (AvgIpc) is 3.36. The van der Waals surface area contributed by atoms with E-state index in [0.29, 0.717) is 19.9 Å². The summed E-state index contributed by atoms with van der Waals surface area (Å²) in [7, 11) is 1.79. The molecule has 0 unspecified atom stereocenters. The molecule has 0 aromatic heterocycles. The predicted octanol–water partition coefficient (Wildman–Crippen LogP) is 3.31. The number of halogens is 1. The third kappa shape index (κ3) is 4.81. The second-order valence-corrected chi connectivity index (χ2v) is 6.86. The molecule has 150 valence electrons. The number of nitrogens with zero attached hydrogens (tertiary/aromatic N) is 1. The Bertz CT molecular complexity index is 810. The number of fused-ring (bicyclic) bond motifs is 1. The maximum absolute atomic E-state index is 5.70. The van der Waals surface area contributed by atoms with Crippen molar-refractivity contribution >= 4 is 29.9 Å². The van der Waals surface area contributed by atoms with Crippen LogP contribution < -0.4 is 24.8 Å². The molecule has 0 amide bonds. The average molecular weight is 495 g/mol. The van der Waals surface area contributed by atoms with Crippen molar-refractivity contribution in [2.45, 2.75) is 18.3 Å². The molecule has 1 saturated carbocycles. The Kier molecular flexibility index (Phi) is 6.88.